The number of carbonyl (C=O) groups excluding carboxylic acids is 1. The summed E-state index contributed by atoms with van der Waals surface area (Å²) in [4.78, 5) is 16.1. The number of aliphatic hydroxyl groups is 1. The number of carbonyl (C=O) groups is 1. The second-order valence-corrected chi connectivity index (χ2v) is 7.13. The van der Waals surface area contributed by atoms with Crippen LogP contribution in [-0.2, 0) is 4.79 Å². The van der Waals surface area contributed by atoms with Gasteiger partial charge < -0.3 is 5.11 Å². The van der Waals surface area contributed by atoms with Crippen LogP contribution in [0.4, 0.5) is 0 Å². The molecule has 1 heterocycles. The van der Waals surface area contributed by atoms with Gasteiger partial charge in [-0.25, -0.2) is 9.67 Å². The third kappa shape index (κ3) is 4.13. The monoisotopic (exact) mass is 267 g/mol. The minimum Gasteiger partial charge on any atom is -0.390 e. The van der Waals surface area contributed by atoms with Gasteiger partial charge in [0.15, 0.2) is 0 Å². The van der Waals surface area contributed by atoms with Crippen LogP contribution in [0.15, 0.2) is 12.7 Å². The highest BCUT2D eigenvalue weighted by Gasteiger charge is 2.35. The summed E-state index contributed by atoms with van der Waals surface area (Å²) >= 11 is 0. The minimum absolute atomic E-state index is 0.108. The number of aromatic nitrogens is 3. The van der Waals surface area contributed by atoms with Gasteiger partial charge in [0.05, 0.1) is 12.1 Å². The summed E-state index contributed by atoms with van der Waals surface area (Å²) in [5, 5.41) is 14.6. The summed E-state index contributed by atoms with van der Waals surface area (Å²) in [6, 6.07) is -0.380. The molecule has 0 saturated carbocycles. The van der Waals surface area contributed by atoms with Crippen LogP contribution < -0.4 is 0 Å². The average Bonchev–Trinajstić information content (AvgIpc) is 2.74. The molecule has 0 unspecified atom stereocenters. The van der Waals surface area contributed by atoms with E-state index in [1.54, 1.807) is 11.0 Å². The van der Waals surface area contributed by atoms with Crippen LogP contribution >= 0.6 is 0 Å². The Balaban J connectivity index is 2.99. The molecule has 1 aromatic rings. The third-order valence-corrected chi connectivity index (χ3v) is 3.26. The zero-order valence-corrected chi connectivity index (χ0v) is 12.7. The smallest absolute Gasteiger partial charge is 0.140 e. The van der Waals surface area contributed by atoms with Crippen molar-refractivity contribution in [2.45, 2.75) is 60.1 Å². The van der Waals surface area contributed by atoms with Crippen LogP contribution in [0.1, 0.15) is 54.0 Å². The van der Waals surface area contributed by atoms with Gasteiger partial charge in [-0.15, -0.1) is 0 Å². The van der Waals surface area contributed by atoms with Gasteiger partial charge >= 0.3 is 0 Å². The Morgan fingerprint density at radius 1 is 1.26 bits per heavy atom. The predicted octanol–water partition coefficient (Wildman–Crippen LogP) is 2.23. The molecule has 1 rings (SSSR count). The molecule has 2 atom stereocenters. The molecule has 0 radical (unpaired) electrons. The third-order valence-electron chi connectivity index (χ3n) is 3.26. The summed E-state index contributed by atoms with van der Waals surface area (Å²) in [5.41, 5.74) is -0.745. The molecule has 0 aliphatic heterocycles. The molecule has 0 aromatic carbocycles. The van der Waals surface area contributed by atoms with E-state index in [1.165, 1.54) is 6.33 Å². The number of Topliss-reactive ketones (excluding diaryl/α,β-unsaturated/α-hetero) is 1. The molecule has 0 spiro atoms. The lowest BCUT2D eigenvalue weighted by atomic mass is 9.80. The molecule has 19 heavy (non-hydrogen) atoms. The number of hydrogen-bond donors (Lipinski definition) is 1. The topological polar surface area (TPSA) is 68.0 Å². The van der Waals surface area contributed by atoms with E-state index in [2.05, 4.69) is 10.1 Å². The van der Waals surface area contributed by atoms with Gasteiger partial charge in [-0.3, -0.25) is 4.79 Å². The largest absolute Gasteiger partial charge is 0.390 e. The first-order valence-corrected chi connectivity index (χ1v) is 6.59. The van der Waals surface area contributed by atoms with E-state index in [1.807, 2.05) is 41.5 Å². The first-order valence-electron chi connectivity index (χ1n) is 6.59. The Hall–Kier alpha value is -1.23. The van der Waals surface area contributed by atoms with E-state index >= 15 is 0 Å². The number of ketones is 1. The van der Waals surface area contributed by atoms with Crippen molar-refractivity contribution in [2.75, 3.05) is 0 Å². The van der Waals surface area contributed by atoms with Crippen LogP contribution in [0.5, 0.6) is 0 Å². The van der Waals surface area contributed by atoms with Gasteiger partial charge in [-0.05, 0) is 5.41 Å². The summed E-state index contributed by atoms with van der Waals surface area (Å²) in [6.07, 6.45) is 2.56. The summed E-state index contributed by atoms with van der Waals surface area (Å²) in [5.74, 6) is 0.108. The maximum atomic E-state index is 12.2. The van der Waals surface area contributed by atoms with Gasteiger partial charge in [0, 0.05) is 11.8 Å². The molecule has 0 aliphatic rings. The van der Waals surface area contributed by atoms with E-state index < -0.39 is 11.5 Å². The normalized spacial score (nSPS) is 16.2. The predicted molar refractivity (Wildman–Crippen MR) is 73.6 cm³/mol. The molecule has 5 nitrogen and oxygen atoms in total. The Kier molecular flexibility index (Phi) is 4.50. The second kappa shape index (κ2) is 5.41. The van der Waals surface area contributed by atoms with Crippen molar-refractivity contribution in [1.29, 1.82) is 0 Å². The minimum atomic E-state index is -0.666. The van der Waals surface area contributed by atoms with Crippen LogP contribution in [0.2, 0.25) is 0 Å². The summed E-state index contributed by atoms with van der Waals surface area (Å²) in [7, 11) is 0. The fourth-order valence-electron chi connectivity index (χ4n) is 1.81. The molecule has 108 valence electrons. The molecule has 0 amide bonds. The molecule has 1 N–H and O–H groups in total. The van der Waals surface area contributed by atoms with Crippen molar-refractivity contribution < 1.29 is 9.90 Å². The number of nitrogens with zero attached hydrogens (tertiary/aromatic N) is 3. The molecule has 5 heteroatoms. The second-order valence-electron chi connectivity index (χ2n) is 7.13. The first-order chi connectivity index (χ1) is 8.53. The highest BCUT2D eigenvalue weighted by molar-refractivity contribution is 5.84. The molecular weight excluding hydrogens is 242 g/mol. The van der Waals surface area contributed by atoms with E-state index in [4.69, 9.17) is 0 Å². The Morgan fingerprint density at radius 2 is 1.84 bits per heavy atom. The van der Waals surface area contributed by atoms with Gasteiger partial charge in [-0.2, -0.15) is 5.10 Å². The van der Waals surface area contributed by atoms with Crippen molar-refractivity contribution in [3.8, 4) is 0 Å². The molecule has 1 aromatic heterocycles. The van der Waals surface area contributed by atoms with Crippen molar-refractivity contribution in [1.82, 2.24) is 14.8 Å². The Morgan fingerprint density at radius 3 is 2.21 bits per heavy atom. The van der Waals surface area contributed by atoms with E-state index in [-0.39, 0.29) is 23.7 Å². The van der Waals surface area contributed by atoms with Gasteiger partial charge in [0.2, 0.25) is 0 Å². The van der Waals surface area contributed by atoms with E-state index in [9.17, 15) is 9.90 Å². The summed E-state index contributed by atoms with van der Waals surface area (Å²) < 4.78 is 1.58. The number of aliphatic hydroxyl groups excluding tert-OH is 1. The highest BCUT2D eigenvalue weighted by Crippen LogP contribution is 2.32. The fourth-order valence-corrected chi connectivity index (χ4v) is 1.81. The van der Waals surface area contributed by atoms with Crippen molar-refractivity contribution in [2.24, 2.45) is 10.8 Å². The van der Waals surface area contributed by atoms with E-state index in [0.717, 1.165) is 0 Å². The van der Waals surface area contributed by atoms with Gasteiger partial charge in [0.25, 0.3) is 0 Å². The van der Waals surface area contributed by atoms with Crippen molar-refractivity contribution in [3.63, 3.8) is 0 Å². The maximum absolute atomic E-state index is 12.2. The number of hydrogen-bond acceptors (Lipinski definition) is 4. The molecule has 0 saturated heterocycles. The molecule has 0 aliphatic carbocycles. The summed E-state index contributed by atoms with van der Waals surface area (Å²) in [6.45, 7) is 11.5. The highest BCUT2D eigenvalue weighted by atomic mass is 16.3. The SMILES string of the molecule is CC(C)(C)C(=O)C[C@H]([C@H](O)C(C)(C)C)n1cncn1. The van der Waals surface area contributed by atoms with Crippen LogP contribution in [-0.4, -0.2) is 31.8 Å². The maximum Gasteiger partial charge on any atom is 0.140 e. The van der Waals surface area contributed by atoms with E-state index in [0.29, 0.717) is 0 Å². The Bertz CT molecular complexity index is 413. The van der Waals surface area contributed by atoms with Gasteiger partial charge in [-0.1, -0.05) is 41.5 Å². The first kappa shape index (κ1) is 15.8. The van der Waals surface area contributed by atoms with Gasteiger partial charge in [0.1, 0.15) is 18.4 Å². The lowest BCUT2D eigenvalue weighted by molar-refractivity contribution is -0.128. The standard InChI is InChI=1S/C14H25N3O2/c1-13(2,3)11(18)7-10(12(19)14(4,5)6)17-9-15-8-16-17/h8-10,12,19H,7H2,1-6H3/t10-,12+/m1/s1. The molecule has 0 bridgehead atoms. The van der Waals surface area contributed by atoms with Crippen LogP contribution in [0, 0.1) is 10.8 Å². The van der Waals surface area contributed by atoms with Crippen LogP contribution in [0.25, 0.3) is 0 Å². The van der Waals surface area contributed by atoms with Crippen molar-refractivity contribution >= 4 is 5.78 Å². The lowest BCUT2D eigenvalue weighted by Crippen LogP contribution is -2.38. The number of rotatable bonds is 4. The Labute approximate surface area is 115 Å². The van der Waals surface area contributed by atoms with Crippen LogP contribution in [0.3, 0.4) is 0 Å². The molecule has 0 fully saturated rings. The van der Waals surface area contributed by atoms with Crippen molar-refractivity contribution in [3.05, 3.63) is 12.7 Å². The zero-order chi connectivity index (χ0) is 14.8. The fraction of sp³-hybridized carbons (Fsp3) is 0.786. The lowest BCUT2D eigenvalue weighted by Gasteiger charge is -2.33. The zero-order valence-electron chi connectivity index (χ0n) is 12.7. The quantitative estimate of drug-likeness (QED) is 0.908. The average molecular weight is 267 g/mol. The molecular formula is C14H25N3O2.